The Morgan fingerprint density at radius 2 is 1.79 bits per heavy atom. The number of hydrogen-bond acceptors (Lipinski definition) is 5. The lowest BCUT2D eigenvalue weighted by molar-refractivity contribution is 0.0667. The van der Waals surface area contributed by atoms with Crippen LogP contribution in [0.3, 0.4) is 0 Å². The average molecular weight is 490 g/mol. The number of amides is 1. The minimum absolute atomic E-state index is 0.0651. The van der Waals surface area contributed by atoms with E-state index in [2.05, 4.69) is 10.3 Å². The van der Waals surface area contributed by atoms with Crippen LogP contribution in [-0.2, 0) is 10.1 Å². The van der Waals surface area contributed by atoms with Gasteiger partial charge in [-0.25, -0.2) is 13.8 Å². The van der Waals surface area contributed by atoms with Gasteiger partial charge in [-0.15, -0.1) is 0 Å². The molecule has 0 unspecified atom stereocenters. The zero-order valence-electron chi connectivity index (χ0n) is 18.5. The second-order valence-electron chi connectivity index (χ2n) is 8.61. The molecule has 1 heterocycles. The van der Waals surface area contributed by atoms with Gasteiger partial charge in [-0.2, -0.15) is 8.42 Å². The van der Waals surface area contributed by atoms with Crippen molar-refractivity contribution < 1.29 is 26.5 Å². The first-order valence-corrected chi connectivity index (χ1v) is 12.6. The Balaban J connectivity index is 1.47. The zero-order chi connectivity index (χ0) is 24.5. The topological polar surface area (TPSA) is 99.6 Å². The predicted molar refractivity (Wildman–Crippen MR) is 125 cm³/mol. The number of pyridine rings is 1. The van der Waals surface area contributed by atoms with Crippen LogP contribution in [0.5, 0.6) is 0 Å². The van der Waals surface area contributed by atoms with Gasteiger partial charge in [0.25, 0.3) is 16.0 Å². The molecule has 0 radical (unpaired) electrons. The first-order valence-electron chi connectivity index (χ1n) is 10.9. The summed E-state index contributed by atoms with van der Waals surface area (Å²) in [4.78, 5) is 18.6. The van der Waals surface area contributed by atoms with E-state index in [1.165, 1.54) is 0 Å². The quantitative estimate of drug-likeness (QED) is 0.494. The highest BCUT2D eigenvalue weighted by Gasteiger charge is 2.32. The molecule has 1 amide bonds. The van der Waals surface area contributed by atoms with Gasteiger partial charge in [0, 0.05) is 23.0 Å². The van der Waals surface area contributed by atoms with E-state index in [-0.39, 0.29) is 11.6 Å². The molecular formula is C24H25F2N3O4S. The summed E-state index contributed by atoms with van der Waals surface area (Å²) in [7, 11) is -4.52. The molecule has 180 valence electrons. The van der Waals surface area contributed by atoms with E-state index in [9.17, 15) is 26.5 Å². The van der Waals surface area contributed by atoms with E-state index in [0.29, 0.717) is 25.7 Å². The first kappa shape index (κ1) is 24.0. The maximum atomic E-state index is 13.6. The van der Waals surface area contributed by atoms with Crippen LogP contribution in [0, 0.1) is 18.6 Å². The molecule has 10 heteroatoms. The molecule has 0 atom stereocenters. The Labute approximate surface area is 196 Å². The van der Waals surface area contributed by atoms with Crippen molar-refractivity contribution in [1.82, 2.24) is 9.88 Å². The van der Waals surface area contributed by atoms with E-state index >= 15 is 0 Å². The number of aryl methyl sites for hydroxylation is 1. The summed E-state index contributed by atoms with van der Waals surface area (Å²) in [6.45, 7) is 2.02. The standard InChI is InChI=1S/C24H25F2N3O4S/c1-15-12-23(28-22-5-3-2-4-19(15)22)27-17-7-9-18(10-8-17)29(14-34(31,32)33)24(30)16-6-11-20(25)21(26)13-16/h2-6,11-13,17-18H,7-10,14H2,1H3,(H,27,28)(H,31,32,33). The number of aromatic nitrogens is 1. The largest absolute Gasteiger partial charge is 0.367 e. The molecule has 0 saturated heterocycles. The summed E-state index contributed by atoms with van der Waals surface area (Å²) in [5, 5.41) is 4.50. The number of para-hydroxylation sites is 1. The molecule has 0 aliphatic heterocycles. The lowest BCUT2D eigenvalue weighted by Crippen LogP contribution is -2.46. The van der Waals surface area contributed by atoms with Crippen molar-refractivity contribution >= 4 is 32.7 Å². The first-order chi connectivity index (χ1) is 16.1. The maximum Gasteiger partial charge on any atom is 0.283 e. The zero-order valence-corrected chi connectivity index (χ0v) is 19.4. The Morgan fingerprint density at radius 3 is 2.47 bits per heavy atom. The fourth-order valence-corrected chi connectivity index (χ4v) is 5.14. The summed E-state index contributed by atoms with van der Waals surface area (Å²) >= 11 is 0. The van der Waals surface area contributed by atoms with Gasteiger partial charge in [0.2, 0.25) is 0 Å². The molecule has 1 aliphatic carbocycles. The molecule has 0 bridgehead atoms. The lowest BCUT2D eigenvalue weighted by Gasteiger charge is -2.36. The van der Waals surface area contributed by atoms with E-state index in [0.717, 1.165) is 45.4 Å². The monoisotopic (exact) mass is 489 g/mol. The van der Waals surface area contributed by atoms with Crippen molar-refractivity contribution in [2.45, 2.75) is 44.7 Å². The molecule has 7 nitrogen and oxygen atoms in total. The van der Waals surface area contributed by atoms with E-state index in [1.54, 1.807) is 0 Å². The highest BCUT2D eigenvalue weighted by atomic mass is 32.2. The van der Waals surface area contributed by atoms with Crippen LogP contribution in [0.4, 0.5) is 14.6 Å². The van der Waals surface area contributed by atoms with Gasteiger partial charge < -0.3 is 10.2 Å². The maximum absolute atomic E-state index is 13.6. The summed E-state index contributed by atoms with van der Waals surface area (Å²) in [5.74, 6) is -3.27. The number of carbonyl (C=O) groups excluding carboxylic acids is 1. The normalized spacial score (nSPS) is 18.6. The van der Waals surface area contributed by atoms with Gasteiger partial charge in [-0.3, -0.25) is 9.35 Å². The fraction of sp³-hybridized carbons (Fsp3) is 0.333. The third kappa shape index (κ3) is 5.51. The Kier molecular flexibility index (Phi) is 6.81. The molecule has 0 spiro atoms. The molecular weight excluding hydrogens is 464 g/mol. The number of anilines is 1. The smallest absolute Gasteiger partial charge is 0.283 e. The van der Waals surface area contributed by atoms with E-state index in [4.69, 9.17) is 0 Å². The Morgan fingerprint density at radius 1 is 1.09 bits per heavy atom. The number of nitrogens with one attached hydrogen (secondary N) is 1. The van der Waals surface area contributed by atoms with Crippen LogP contribution in [0.2, 0.25) is 0 Å². The van der Waals surface area contributed by atoms with Gasteiger partial charge in [-0.1, -0.05) is 18.2 Å². The van der Waals surface area contributed by atoms with Crippen LogP contribution >= 0.6 is 0 Å². The molecule has 1 aromatic heterocycles. The van der Waals surface area contributed by atoms with Crippen LogP contribution in [0.15, 0.2) is 48.5 Å². The average Bonchev–Trinajstić information content (AvgIpc) is 2.79. The van der Waals surface area contributed by atoms with Crippen LogP contribution in [0.25, 0.3) is 10.9 Å². The van der Waals surface area contributed by atoms with Gasteiger partial charge in [0.15, 0.2) is 11.6 Å². The Bertz CT molecular complexity index is 1330. The van der Waals surface area contributed by atoms with Crippen LogP contribution in [-0.4, -0.2) is 46.7 Å². The third-order valence-corrected chi connectivity index (χ3v) is 6.75. The molecule has 1 aliphatic rings. The number of carbonyl (C=O) groups is 1. The van der Waals surface area contributed by atoms with Crippen LogP contribution < -0.4 is 5.32 Å². The van der Waals surface area contributed by atoms with Gasteiger partial charge in [-0.05, 0) is 68.5 Å². The van der Waals surface area contributed by atoms with Gasteiger partial charge in [0.1, 0.15) is 11.7 Å². The highest BCUT2D eigenvalue weighted by Crippen LogP contribution is 2.28. The fourth-order valence-electron chi connectivity index (χ4n) is 4.46. The summed E-state index contributed by atoms with van der Waals surface area (Å²) in [6, 6.07) is 12.1. The summed E-state index contributed by atoms with van der Waals surface area (Å²) in [5.41, 5.74) is 1.80. The molecule has 1 saturated carbocycles. The number of hydrogen-bond donors (Lipinski definition) is 2. The van der Waals surface area contributed by atoms with E-state index in [1.807, 2.05) is 37.3 Å². The van der Waals surface area contributed by atoms with Crippen molar-refractivity contribution in [2.24, 2.45) is 0 Å². The number of benzene rings is 2. The second kappa shape index (κ2) is 9.63. The van der Waals surface area contributed by atoms with Gasteiger partial charge >= 0.3 is 0 Å². The van der Waals surface area contributed by atoms with Gasteiger partial charge in [0.05, 0.1) is 5.52 Å². The highest BCUT2D eigenvalue weighted by molar-refractivity contribution is 7.85. The molecule has 2 N–H and O–H groups in total. The van der Waals surface area contributed by atoms with Crippen LogP contribution in [0.1, 0.15) is 41.6 Å². The minimum Gasteiger partial charge on any atom is -0.367 e. The number of fused-ring (bicyclic) bond motifs is 1. The third-order valence-electron chi connectivity index (χ3n) is 6.14. The number of halogens is 2. The predicted octanol–water partition coefficient (Wildman–Crippen LogP) is 4.53. The second-order valence-corrected chi connectivity index (χ2v) is 10.0. The number of nitrogens with zero attached hydrogens (tertiary/aromatic N) is 2. The molecule has 2 aromatic carbocycles. The van der Waals surface area contributed by atoms with Crippen molar-refractivity contribution in [3.8, 4) is 0 Å². The van der Waals surface area contributed by atoms with E-state index < -0.39 is 39.6 Å². The Hall–Kier alpha value is -3.11. The van der Waals surface area contributed by atoms with Crippen molar-refractivity contribution in [3.05, 3.63) is 71.3 Å². The van der Waals surface area contributed by atoms with Crippen molar-refractivity contribution in [1.29, 1.82) is 0 Å². The molecule has 34 heavy (non-hydrogen) atoms. The molecule has 1 fully saturated rings. The molecule has 3 aromatic rings. The van der Waals surface area contributed by atoms with Crippen molar-refractivity contribution in [2.75, 3.05) is 11.2 Å². The minimum atomic E-state index is -4.52. The number of rotatable bonds is 6. The summed E-state index contributed by atoms with van der Waals surface area (Å²) < 4.78 is 59.5. The van der Waals surface area contributed by atoms with Crippen molar-refractivity contribution in [3.63, 3.8) is 0 Å². The molecule has 4 rings (SSSR count). The lowest BCUT2D eigenvalue weighted by atomic mass is 9.90. The summed E-state index contributed by atoms with van der Waals surface area (Å²) in [6.07, 6.45) is 2.20. The SMILES string of the molecule is Cc1cc(NC2CCC(N(CS(=O)(=O)O)C(=O)c3ccc(F)c(F)c3)CC2)nc2ccccc12.